The SMILES string of the molecule is COC(=O)CN(C=O)c1ccc(C(=O)N(CC(=O)OC)c2ccccc2)cc1. The van der Waals surface area contributed by atoms with Crippen LogP contribution in [0.2, 0.25) is 0 Å². The van der Waals surface area contributed by atoms with Gasteiger partial charge in [-0.3, -0.25) is 24.1 Å². The normalized spacial score (nSPS) is 9.93. The number of nitrogens with zero attached hydrogens (tertiary/aromatic N) is 2. The van der Waals surface area contributed by atoms with Crippen LogP contribution in [-0.2, 0) is 23.9 Å². The Labute approximate surface area is 162 Å². The van der Waals surface area contributed by atoms with E-state index in [4.69, 9.17) is 0 Å². The summed E-state index contributed by atoms with van der Waals surface area (Å²) in [4.78, 5) is 49.7. The van der Waals surface area contributed by atoms with Gasteiger partial charge in [0.25, 0.3) is 5.91 Å². The van der Waals surface area contributed by atoms with Crippen LogP contribution in [0.25, 0.3) is 0 Å². The van der Waals surface area contributed by atoms with E-state index in [0.717, 1.165) is 4.90 Å². The number of ether oxygens (including phenoxy) is 2. The molecule has 2 rings (SSSR count). The Balaban J connectivity index is 2.26. The Morgan fingerprint density at radius 2 is 1.39 bits per heavy atom. The molecule has 8 heteroatoms. The number of methoxy groups -OCH3 is 2. The van der Waals surface area contributed by atoms with E-state index in [2.05, 4.69) is 9.47 Å². The highest BCUT2D eigenvalue weighted by molar-refractivity contribution is 6.08. The van der Waals surface area contributed by atoms with Crippen LogP contribution in [0.5, 0.6) is 0 Å². The fourth-order valence-electron chi connectivity index (χ4n) is 2.43. The average molecular weight is 384 g/mol. The van der Waals surface area contributed by atoms with E-state index in [1.54, 1.807) is 30.3 Å². The van der Waals surface area contributed by atoms with Crippen LogP contribution < -0.4 is 9.80 Å². The minimum Gasteiger partial charge on any atom is -0.468 e. The monoisotopic (exact) mass is 384 g/mol. The van der Waals surface area contributed by atoms with Gasteiger partial charge in [-0.15, -0.1) is 0 Å². The number of anilines is 2. The lowest BCUT2D eigenvalue weighted by Gasteiger charge is -2.22. The Hall–Kier alpha value is -3.68. The largest absolute Gasteiger partial charge is 0.468 e. The summed E-state index contributed by atoms with van der Waals surface area (Å²) < 4.78 is 9.23. The van der Waals surface area contributed by atoms with Gasteiger partial charge in [0.1, 0.15) is 13.1 Å². The number of hydrogen-bond donors (Lipinski definition) is 0. The van der Waals surface area contributed by atoms with Crippen molar-refractivity contribution in [3.8, 4) is 0 Å². The minimum absolute atomic E-state index is 0.244. The number of rotatable bonds is 8. The van der Waals surface area contributed by atoms with Crippen LogP contribution >= 0.6 is 0 Å². The predicted octanol–water partition coefficient (Wildman–Crippen LogP) is 1.64. The van der Waals surface area contributed by atoms with E-state index in [9.17, 15) is 19.2 Å². The molecule has 0 bridgehead atoms. The number of para-hydroxylation sites is 1. The number of carbonyl (C=O) groups is 4. The van der Waals surface area contributed by atoms with Gasteiger partial charge in [-0.1, -0.05) is 18.2 Å². The summed E-state index contributed by atoms with van der Waals surface area (Å²) in [6, 6.07) is 14.8. The van der Waals surface area contributed by atoms with Crippen molar-refractivity contribution in [2.24, 2.45) is 0 Å². The molecule has 0 heterocycles. The number of hydrogen-bond acceptors (Lipinski definition) is 6. The molecule has 8 nitrogen and oxygen atoms in total. The summed E-state index contributed by atoms with van der Waals surface area (Å²) in [5, 5.41) is 0. The zero-order valence-electron chi connectivity index (χ0n) is 15.5. The molecular formula is C20H20N2O6. The Kier molecular flexibility index (Phi) is 7.27. The third-order valence-electron chi connectivity index (χ3n) is 3.93. The second-order valence-corrected chi connectivity index (χ2v) is 5.66. The fourth-order valence-corrected chi connectivity index (χ4v) is 2.43. The lowest BCUT2D eigenvalue weighted by molar-refractivity contribution is -0.140. The van der Waals surface area contributed by atoms with Gasteiger partial charge in [0.2, 0.25) is 6.41 Å². The molecule has 0 radical (unpaired) electrons. The minimum atomic E-state index is -0.569. The maximum absolute atomic E-state index is 12.9. The van der Waals surface area contributed by atoms with E-state index < -0.39 is 17.8 Å². The van der Waals surface area contributed by atoms with Crippen LogP contribution in [0, 0.1) is 0 Å². The fraction of sp³-hybridized carbons (Fsp3) is 0.200. The highest BCUT2D eigenvalue weighted by atomic mass is 16.5. The average Bonchev–Trinajstić information content (AvgIpc) is 2.75. The van der Waals surface area contributed by atoms with Crippen LogP contribution in [0.4, 0.5) is 11.4 Å². The van der Waals surface area contributed by atoms with Gasteiger partial charge in [-0.25, -0.2) is 0 Å². The summed E-state index contributed by atoms with van der Waals surface area (Å²) in [6.45, 7) is -0.490. The molecule has 0 saturated heterocycles. The van der Waals surface area contributed by atoms with E-state index in [1.165, 1.54) is 43.4 Å². The number of carbonyl (C=O) groups excluding carboxylic acids is 4. The summed E-state index contributed by atoms with van der Waals surface area (Å²) in [7, 11) is 2.48. The van der Waals surface area contributed by atoms with Gasteiger partial charge in [0.15, 0.2) is 0 Å². The van der Waals surface area contributed by atoms with Crippen molar-refractivity contribution in [1.82, 2.24) is 0 Å². The van der Waals surface area contributed by atoms with Crippen LogP contribution in [0.15, 0.2) is 54.6 Å². The summed E-state index contributed by atoms with van der Waals surface area (Å²) in [6.07, 6.45) is 0.501. The van der Waals surface area contributed by atoms with Crippen molar-refractivity contribution in [3.05, 3.63) is 60.2 Å². The standard InChI is InChI=1S/C20H20N2O6/c1-27-18(24)12-21(14-23)16-10-8-15(9-11-16)20(26)22(13-19(25)28-2)17-6-4-3-5-7-17/h3-11,14H,12-13H2,1-2H3. The second kappa shape index (κ2) is 9.86. The third kappa shape index (κ3) is 5.16. The van der Waals surface area contributed by atoms with Crippen LogP contribution in [0.3, 0.4) is 0 Å². The van der Waals surface area contributed by atoms with Crippen LogP contribution in [0.1, 0.15) is 10.4 Å². The van der Waals surface area contributed by atoms with Gasteiger partial charge >= 0.3 is 11.9 Å². The van der Waals surface area contributed by atoms with Gasteiger partial charge in [0.05, 0.1) is 14.2 Å². The van der Waals surface area contributed by atoms with E-state index in [-0.39, 0.29) is 13.1 Å². The zero-order chi connectivity index (χ0) is 20.5. The highest BCUT2D eigenvalue weighted by Gasteiger charge is 2.21. The number of benzene rings is 2. The summed E-state index contributed by atoms with van der Waals surface area (Å²) in [5.74, 6) is -1.53. The van der Waals surface area contributed by atoms with Crippen molar-refractivity contribution < 1.29 is 28.7 Å². The number of amides is 2. The Bertz CT molecular complexity index is 836. The molecule has 28 heavy (non-hydrogen) atoms. The molecule has 0 aliphatic rings. The molecule has 2 amide bonds. The van der Waals surface area contributed by atoms with Crippen molar-refractivity contribution in [2.45, 2.75) is 0 Å². The lowest BCUT2D eigenvalue weighted by Crippen LogP contribution is -2.36. The Morgan fingerprint density at radius 3 is 1.93 bits per heavy atom. The molecule has 0 fully saturated rings. The zero-order valence-corrected chi connectivity index (χ0v) is 15.5. The van der Waals surface area contributed by atoms with Gasteiger partial charge < -0.3 is 14.4 Å². The highest BCUT2D eigenvalue weighted by Crippen LogP contribution is 2.19. The first-order valence-corrected chi connectivity index (χ1v) is 8.32. The number of esters is 2. The molecule has 0 aromatic heterocycles. The molecule has 2 aromatic rings. The first-order valence-electron chi connectivity index (χ1n) is 8.32. The summed E-state index contributed by atoms with van der Waals surface area (Å²) >= 11 is 0. The third-order valence-corrected chi connectivity index (χ3v) is 3.93. The molecule has 0 aliphatic carbocycles. The summed E-state index contributed by atoms with van der Waals surface area (Å²) in [5.41, 5.74) is 1.28. The van der Waals surface area contributed by atoms with Crippen molar-refractivity contribution in [3.63, 3.8) is 0 Å². The quantitative estimate of drug-likeness (QED) is 0.507. The van der Waals surface area contributed by atoms with Gasteiger partial charge in [-0.2, -0.15) is 0 Å². The topological polar surface area (TPSA) is 93.2 Å². The van der Waals surface area contributed by atoms with Crippen molar-refractivity contribution >= 4 is 35.6 Å². The van der Waals surface area contributed by atoms with E-state index in [1.807, 2.05) is 0 Å². The van der Waals surface area contributed by atoms with Crippen molar-refractivity contribution in [2.75, 3.05) is 37.1 Å². The first-order chi connectivity index (χ1) is 13.5. The predicted molar refractivity (Wildman–Crippen MR) is 102 cm³/mol. The maximum atomic E-state index is 12.9. The van der Waals surface area contributed by atoms with E-state index in [0.29, 0.717) is 23.3 Å². The van der Waals surface area contributed by atoms with Gasteiger partial charge in [0, 0.05) is 16.9 Å². The Morgan fingerprint density at radius 1 is 0.821 bits per heavy atom. The van der Waals surface area contributed by atoms with E-state index >= 15 is 0 Å². The molecule has 146 valence electrons. The van der Waals surface area contributed by atoms with Crippen LogP contribution in [-0.4, -0.2) is 51.6 Å². The molecule has 0 atom stereocenters. The molecule has 0 N–H and O–H groups in total. The molecule has 0 saturated carbocycles. The van der Waals surface area contributed by atoms with Crippen molar-refractivity contribution in [1.29, 1.82) is 0 Å². The molecule has 0 unspecified atom stereocenters. The van der Waals surface area contributed by atoms with Gasteiger partial charge in [-0.05, 0) is 36.4 Å². The molecular weight excluding hydrogens is 364 g/mol. The lowest BCUT2D eigenvalue weighted by atomic mass is 10.1. The maximum Gasteiger partial charge on any atom is 0.325 e. The molecule has 0 spiro atoms. The second-order valence-electron chi connectivity index (χ2n) is 5.66. The molecule has 0 aliphatic heterocycles. The first kappa shape index (κ1) is 20.6. The molecule has 2 aromatic carbocycles. The smallest absolute Gasteiger partial charge is 0.325 e.